The Morgan fingerprint density at radius 2 is 2.19 bits per heavy atom. The van der Waals surface area contributed by atoms with Gasteiger partial charge in [0, 0.05) is 5.56 Å². The van der Waals surface area contributed by atoms with Gasteiger partial charge in [-0.1, -0.05) is 0 Å². The van der Waals surface area contributed by atoms with Gasteiger partial charge in [-0.2, -0.15) is 0 Å². The van der Waals surface area contributed by atoms with Gasteiger partial charge < -0.3 is 10.0 Å². The lowest BCUT2D eigenvalue weighted by Gasteiger charge is -2.44. The molecule has 1 heterocycles. The molecule has 1 aliphatic heterocycles. The van der Waals surface area contributed by atoms with E-state index in [0.29, 0.717) is 18.7 Å². The average molecular weight is 288 g/mol. The van der Waals surface area contributed by atoms with Crippen LogP contribution in [-0.4, -0.2) is 34.6 Å². The van der Waals surface area contributed by atoms with E-state index in [1.165, 1.54) is 23.1 Å². The minimum atomic E-state index is -0.785. The number of hydrogen-bond donors (Lipinski definition) is 1. The Hall–Kier alpha value is -0.940. The van der Waals surface area contributed by atoms with Crippen molar-refractivity contribution in [2.45, 2.75) is 12.5 Å². The molecule has 0 aromatic heterocycles. The van der Waals surface area contributed by atoms with Crippen LogP contribution in [0.3, 0.4) is 0 Å². The third-order valence-electron chi connectivity index (χ3n) is 2.52. The highest BCUT2D eigenvalue weighted by molar-refractivity contribution is 9.10. The summed E-state index contributed by atoms with van der Waals surface area (Å²) in [5.74, 6) is -0.584. The molecule has 2 rings (SSSR count). The molecule has 0 saturated carbocycles. The van der Waals surface area contributed by atoms with Gasteiger partial charge in [0.15, 0.2) is 0 Å². The molecule has 1 aliphatic rings. The van der Waals surface area contributed by atoms with E-state index in [9.17, 15) is 14.3 Å². The summed E-state index contributed by atoms with van der Waals surface area (Å²) >= 11 is 3.03. The molecule has 1 saturated heterocycles. The van der Waals surface area contributed by atoms with Crippen LogP contribution in [-0.2, 0) is 0 Å². The number of aliphatic hydroxyl groups is 1. The van der Waals surface area contributed by atoms with Crippen LogP contribution < -0.4 is 0 Å². The van der Waals surface area contributed by atoms with Gasteiger partial charge in [0.25, 0.3) is 5.91 Å². The van der Waals surface area contributed by atoms with Gasteiger partial charge in [-0.05, 0) is 41.1 Å². The van der Waals surface area contributed by atoms with E-state index < -0.39 is 11.4 Å². The van der Waals surface area contributed by atoms with Crippen LogP contribution in [0.2, 0.25) is 0 Å². The Bertz CT molecular complexity index is 440. The fourth-order valence-electron chi connectivity index (χ4n) is 1.73. The first kappa shape index (κ1) is 11.5. The van der Waals surface area contributed by atoms with Gasteiger partial charge in [-0.15, -0.1) is 0 Å². The zero-order chi connectivity index (χ0) is 11.9. The molecule has 1 amide bonds. The molecule has 1 fully saturated rings. The molecule has 3 nitrogen and oxygen atoms in total. The van der Waals surface area contributed by atoms with Crippen molar-refractivity contribution in [2.75, 3.05) is 13.1 Å². The van der Waals surface area contributed by atoms with Crippen molar-refractivity contribution >= 4 is 21.8 Å². The lowest BCUT2D eigenvalue weighted by atomic mass is 9.96. The van der Waals surface area contributed by atoms with Crippen LogP contribution in [0.4, 0.5) is 4.39 Å². The van der Waals surface area contributed by atoms with Gasteiger partial charge in [0.1, 0.15) is 5.82 Å². The Kier molecular flexibility index (Phi) is 2.75. The Labute approximate surface area is 101 Å². The third kappa shape index (κ3) is 2.10. The van der Waals surface area contributed by atoms with Crippen molar-refractivity contribution in [1.29, 1.82) is 0 Å². The van der Waals surface area contributed by atoms with Crippen LogP contribution in [0.1, 0.15) is 17.3 Å². The highest BCUT2D eigenvalue weighted by Crippen LogP contribution is 2.24. The molecular weight excluding hydrogens is 277 g/mol. The number of amides is 1. The van der Waals surface area contributed by atoms with E-state index >= 15 is 0 Å². The number of carbonyl (C=O) groups excluding carboxylic acids is 1. The molecule has 1 aromatic carbocycles. The smallest absolute Gasteiger partial charge is 0.254 e. The number of nitrogens with zero attached hydrogens (tertiary/aromatic N) is 1. The van der Waals surface area contributed by atoms with Crippen molar-refractivity contribution < 1.29 is 14.3 Å². The van der Waals surface area contributed by atoms with Crippen molar-refractivity contribution in [3.8, 4) is 0 Å². The fourth-order valence-corrected chi connectivity index (χ4v) is 2.11. The van der Waals surface area contributed by atoms with E-state index in [0.717, 1.165) is 0 Å². The predicted octanol–water partition coefficient (Wildman–Crippen LogP) is 1.80. The van der Waals surface area contributed by atoms with Crippen LogP contribution in [0.15, 0.2) is 22.7 Å². The lowest BCUT2D eigenvalue weighted by Crippen LogP contribution is -2.61. The normalized spacial score (nSPS) is 18.1. The van der Waals surface area contributed by atoms with Gasteiger partial charge in [0.05, 0.1) is 23.2 Å². The van der Waals surface area contributed by atoms with Gasteiger partial charge in [0.2, 0.25) is 0 Å². The summed E-state index contributed by atoms with van der Waals surface area (Å²) in [6.45, 7) is 2.32. The number of β-amino-alcohol motifs (C(OH)–C–C–N with tert-alkyl or cyclic N) is 1. The maximum absolute atomic E-state index is 13.0. The standard InChI is InChI=1S/C11H11BrFNO2/c1-11(16)5-14(6-11)10(15)7-2-3-9(13)8(12)4-7/h2-4,16H,5-6H2,1H3. The first-order chi connectivity index (χ1) is 7.39. The zero-order valence-electron chi connectivity index (χ0n) is 8.70. The van der Waals surface area contributed by atoms with E-state index in [4.69, 9.17) is 0 Å². The minimum absolute atomic E-state index is 0.188. The zero-order valence-corrected chi connectivity index (χ0v) is 10.3. The molecule has 1 N–H and O–H groups in total. The van der Waals surface area contributed by atoms with Gasteiger partial charge >= 0.3 is 0 Å². The molecular formula is C11H11BrFNO2. The SMILES string of the molecule is CC1(O)CN(C(=O)c2ccc(F)c(Br)c2)C1. The molecule has 5 heteroatoms. The minimum Gasteiger partial charge on any atom is -0.386 e. The van der Waals surface area contributed by atoms with Gasteiger partial charge in [-0.25, -0.2) is 4.39 Å². The van der Waals surface area contributed by atoms with Crippen molar-refractivity contribution in [2.24, 2.45) is 0 Å². The summed E-state index contributed by atoms with van der Waals surface area (Å²) in [5, 5.41) is 9.51. The van der Waals surface area contributed by atoms with Crippen LogP contribution in [0, 0.1) is 5.82 Å². The summed E-state index contributed by atoms with van der Waals surface area (Å²) in [5.41, 5.74) is -0.365. The van der Waals surface area contributed by atoms with E-state index in [1.807, 2.05) is 0 Å². The molecule has 86 valence electrons. The molecule has 1 aromatic rings. The largest absolute Gasteiger partial charge is 0.386 e. The van der Waals surface area contributed by atoms with Crippen LogP contribution >= 0.6 is 15.9 Å². The molecule has 0 atom stereocenters. The molecule has 0 bridgehead atoms. The lowest BCUT2D eigenvalue weighted by molar-refractivity contribution is -0.0668. The number of rotatable bonds is 1. The van der Waals surface area contributed by atoms with Crippen LogP contribution in [0.5, 0.6) is 0 Å². The van der Waals surface area contributed by atoms with Crippen molar-refractivity contribution in [1.82, 2.24) is 4.90 Å². The Morgan fingerprint density at radius 1 is 1.56 bits per heavy atom. The second-order valence-electron chi connectivity index (χ2n) is 4.29. The third-order valence-corrected chi connectivity index (χ3v) is 3.12. The van der Waals surface area contributed by atoms with Crippen molar-refractivity contribution in [3.63, 3.8) is 0 Å². The van der Waals surface area contributed by atoms with Crippen LogP contribution in [0.25, 0.3) is 0 Å². The average Bonchev–Trinajstić information content (AvgIpc) is 2.17. The first-order valence-electron chi connectivity index (χ1n) is 4.86. The molecule has 0 aliphatic carbocycles. The molecule has 0 spiro atoms. The number of likely N-dealkylation sites (tertiary alicyclic amines) is 1. The maximum Gasteiger partial charge on any atom is 0.254 e. The molecule has 16 heavy (non-hydrogen) atoms. The van der Waals surface area contributed by atoms with E-state index in [-0.39, 0.29) is 10.4 Å². The summed E-state index contributed by atoms with van der Waals surface area (Å²) in [4.78, 5) is 13.4. The second-order valence-corrected chi connectivity index (χ2v) is 5.14. The molecule has 0 radical (unpaired) electrons. The summed E-state index contributed by atoms with van der Waals surface area (Å²) in [6, 6.07) is 4.13. The quantitative estimate of drug-likeness (QED) is 0.856. The second kappa shape index (κ2) is 3.82. The summed E-state index contributed by atoms with van der Waals surface area (Å²) < 4.78 is 13.2. The number of hydrogen-bond acceptors (Lipinski definition) is 2. The summed E-state index contributed by atoms with van der Waals surface area (Å²) in [7, 11) is 0. The van der Waals surface area contributed by atoms with E-state index in [2.05, 4.69) is 15.9 Å². The summed E-state index contributed by atoms with van der Waals surface area (Å²) in [6.07, 6.45) is 0. The number of halogens is 2. The van der Waals surface area contributed by atoms with Crippen molar-refractivity contribution in [3.05, 3.63) is 34.1 Å². The highest BCUT2D eigenvalue weighted by Gasteiger charge is 2.39. The Balaban J connectivity index is 2.13. The first-order valence-corrected chi connectivity index (χ1v) is 5.65. The predicted molar refractivity (Wildman–Crippen MR) is 60.6 cm³/mol. The topological polar surface area (TPSA) is 40.5 Å². The number of benzene rings is 1. The number of carbonyl (C=O) groups is 1. The van der Waals surface area contributed by atoms with E-state index in [1.54, 1.807) is 6.92 Å². The van der Waals surface area contributed by atoms with Gasteiger partial charge in [-0.3, -0.25) is 4.79 Å². The monoisotopic (exact) mass is 287 g/mol. The fraction of sp³-hybridized carbons (Fsp3) is 0.364. The highest BCUT2D eigenvalue weighted by atomic mass is 79.9. The molecule has 0 unspecified atom stereocenters. The Morgan fingerprint density at radius 3 is 2.69 bits per heavy atom. The maximum atomic E-state index is 13.0.